The summed E-state index contributed by atoms with van der Waals surface area (Å²) in [7, 11) is 0. The van der Waals surface area contributed by atoms with Crippen LogP contribution in [-0.4, -0.2) is 42.6 Å². The zero-order valence-corrected chi connectivity index (χ0v) is 17.6. The highest BCUT2D eigenvalue weighted by molar-refractivity contribution is 6.31. The molecule has 30 heavy (non-hydrogen) atoms. The highest BCUT2D eigenvalue weighted by Crippen LogP contribution is 2.29. The van der Waals surface area contributed by atoms with Crippen LogP contribution in [0.5, 0.6) is 0 Å². The molecular formula is C23H23ClN2O4. The maximum atomic E-state index is 13.3. The summed E-state index contributed by atoms with van der Waals surface area (Å²) in [4.78, 5) is 28.1. The molecule has 6 nitrogen and oxygen atoms in total. The lowest BCUT2D eigenvalue weighted by atomic mass is 10.0. The van der Waals surface area contributed by atoms with Crippen LogP contribution in [0.4, 0.5) is 5.88 Å². The summed E-state index contributed by atoms with van der Waals surface area (Å²) in [5.41, 5.74) is 1.10. The van der Waals surface area contributed by atoms with Gasteiger partial charge < -0.3 is 9.15 Å². The second kappa shape index (κ2) is 8.60. The first-order valence-electron chi connectivity index (χ1n) is 9.90. The van der Waals surface area contributed by atoms with Crippen molar-refractivity contribution >= 4 is 34.4 Å². The molecule has 0 spiro atoms. The predicted octanol–water partition coefficient (Wildman–Crippen LogP) is 4.16. The largest absolute Gasteiger partial charge is 0.439 e. The number of carbonyl (C=O) groups is 1. The van der Waals surface area contributed by atoms with Gasteiger partial charge in [-0.05, 0) is 37.6 Å². The van der Waals surface area contributed by atoms with Crippen LogP contribution in [0, 0.1) is 0 Å². The Kier molecular flexibility index (Phi) is 5.90. The molecule has 1 fully saturated rings. The van der Waals surface area contributed by atoms with E-state index in [0.717, 1.165) is 0 Å². The fourth-order valence-corrected chi connectivity index (χ4v) is 4.08. The van der Waals surface area contributed by atoms with E-state index in [1.165, 1.54) is 0 Å². The average Bonchev–Trinajstić information content (AvgIpc) is 2.68. The molecule has 0 radical (unpaired) electrons. The Morgan fingerprint density at radius 2 is 1.83 bits per heavy atom. The molecular weight excluding hydrogens is 404 g/mol. The second-order valence-electron chi connectivity index (χ2n) is 7.64. The molecule has 1 aromatic heterocycles. The van der Waals surface area contributed by atoms with Crippen LogP contribution in [0.25, 0.3) is 22.1 Å². The minimum absolute atomic E-state index is 0.0600. The van der Waals surface area contributed by atoms with E-state index in [2.05, 4.69) is 5.32 Å². The number of hydrogen-bond acceptors (Lipinski definition) is 5. The van der Waals surface area contributed by atoms with Crippen molar-refractivity contribution in [3.05, 3.63) is 63.8 Å². The number of fused-ring (bicyclic) bond motifs is 1. The number of amides is 1. The molecule has 1 aliphatic heterocycles. The van der Waals surface area contributed by atoms with Gasteiger partial charge in [0, 0.05) is 18.1 Å². The summed E-state index contributed by atoms with van der Waals surface area (Å²) in [5, 5.41) is 3.63. The highest BCUT2D eigenvalue weighted by atomic mass is 35.5. The van der Waals surface area contributed by atoms with Crippen molar-refractivity contribution in [2.45, 2.75) is 26.1 Å². The van der Waals surface area contributed by atoms with Crippen LogP contribution in [0.15, 0.2) is 57.7 Å². The van der Waals surface area contributed by atoms with Crippen molar-refractivity contribution in [1.82, 2.24) is 4.90 Å². The van der Waals surface area contributed by atoms with E-state index in [1.807, 2.05) is 49.1 Å². The first-order valence-corrected chi connectivity index (χ1v) is 10.3. The van der Waals surface area contributed by atoms with Gasteiger partial charge in [-0.15, -0.1) is 0 Å². The van der Waals surface area contributed by atoms with Gasteiger partial charge in [0.05, 0.1) is 29.7 Å². The van der Waals surface area contributed by atoms with Gasteiger partial charge in [-0.25, -0.2) is 0 Å². The summed E-state index contributed by atoms with van der Waals surface area (Å²) in [5.74, 6) is -0.106. The van der Waals surface area contributed by atoms with Crippen molar-refractivity contribution in [1.29, 1.82) is 0 Å². The average molecular weight is 427 g/mol. The molecule has 2 atom stereocenters. The van der Waals surface area contributed by atoms with E-state index in [-0.39, 0.29) is 36.0 Å². The Labute approximate surface area is 179 Å². The minimum atomic E-state index is -0.245. The van der Waals surface area contributed by atoms with Gasteiger partial charge in [-0.2, -0.15) is 0 Å². The second-order valence-corrected chi connectivity index (χ2v) is 8.08. The van der Waals surface area contributed by atoms with Gasteiger partial charge in [0.25, 0.3) is 0 Å². The van der Waals surface area contributed by atoms with Gasteiger partial charge >= 0.3 is 0 Å². The predicted molar refractivity (Wildman–Crippen MR) is 118 cm³/mol. The van der Waals surface area contributed by atoms with Gasteiger partial charge in [0.15, 0.2) is 0 Å². The summed E-state index contributed by atoms with van der Waals surface area (Å²) in [6.07, 6.45) is 0.120. The summed E-state index contributed by atoms with van der Waals surface area (Å²) in [6.45, 7) is 5.50. The standard InChI is InChI=1S/C23H23ClN2O4/c1-14-11-26(12-15(2)29-14)13-20(27)25-23-21(16-6-4-3-5-7-16)22(28)18-10-17(24)8-9-19(18)30-23/h3-10,14-15H,11-13H2,1-2H3,(H,25,27)/t14-,15+. The number of rotatable bonds is 4. The molecule has 1 saturated heterocycles. The van der Waals surface area contributed by atoms with E-state index in [4.69, 9.17) is 20.8 Å². The third-order valence-electron chi connectivity index (χ3n) is 5.03. The maximum absolute atomic E-state index is 13.3. The Hall–Kier alpha value is -2.67. The van der Waals surface area contributed by atoms with E-state index in [1.54, 1.807) is 18.2 Å². The molecule has 1 aliphatic rings. The van der Waals surface area contributed by atoms with Crippen LogP contribution < -0.4 is 10.7 Å². The molecule has 1 N–H and O–H groups in total. The fourth-order valence-electron chi connectivity index (χ4n) is 3.91. The van der Waals surface area contributed by atoms with Crippen molar-refractivity contribution in [2.75, 3.05) is 25.0 Å². The molecule has 7 heteroatoms. The van der Waals surface area contributed by atoms with Crippen molar-refractivity contribution in [3.63, 3.8) is 0 Å². The van der Waals surface area contributed by atoms with E-state index < -0.39 is 0 Å². The third-order valence-corrected chi connectivity index (χ3v) is 5.27. The molecule has 0 aliphatic carbocycles. The quantitative estimate of drug-likeness (QED) is 0.678. The van der Waals surface area contributed by atoms with Gasteiger partial charge in [-0.3, -0.25) is 19.8 Å². The fraction of sp³-hybridized carbons (Fsp3) is 0.304. The van der Waals surface area contributed by atoms with E-state index in [0.29, 0.717) is 40.2 Å². The summed E-state index contributed by atoms with van der Waals surface area (Å²) in [6, 6.07) is 14.0. The molecule has 0 saturated carbocycles. The molecule has 0 bridgehead atoms. The maximum Gasteiger partial charge on any atom is 0.240 e. The smallest absolute Gasteiger partial charge is 0.240 e. The monoisotopic (exact) mass is 426 g/mol. The molecule has 2 heterocycles. The first-order chi connectivity index (χ1) is 14.4. The van der Waals surface area contributed by atoms with E-state index >= 15 is 0 Å². The molecule has 1 amide bonds. The number of ether oxygens (including phenoxy) is 1. The van der Waals surface area contributed by atoms with Crippen LogP contribution >= 0.6 is 11.6 Å². The number of morpholine rings is 1. The number of anilines is 1. The Morgan fingerprint density at radius 3 is 2.53 bits per heavy atom. The van der Waals surface area contributed by atoms with Crippen LogP contribution in [0.1, 0.15) is 13.8 Å². The van der Waals surface area contributed by atoms with Gasteiger partial charge in [0.2, 0.25) is 17.2 Å². The zero-order valence-electron chi connectivity index (χ0n) is 16.9. The summed E-state index contributed by atoms with van der Waals surface area (Å²) >= 11 is 6.08. The van der Waals surface area contributed by atoms with Gasteiger partial charge in [0.1, 0.15) is 5.58 Å². The number of halogens is 1. The summed E-state index contributed by atoms with van der Waals surface area (Å²) < 4.78 is 11.7. The Balaban J connectivity index is 1.70. The lowest BCUT2D eigenvalue weighted by molar-refractivity contribution is -0.121. The van der Waals surface area contributed by atoms with E-state index in [9.17, 15) is 9.59 Å². The number of nitrogens with one attached hydrogen (secondary N) is 1. The minimum Gasteiger partial charge on any atom is -0.439 e. The lowest BCUT2D eigenvalue weighted by Gasteiger charge is -2.34. The van der Waals surface area contributed by atoms with Crippen molar-refractivity contribution in [3.8, 4) is 11.1 Å². The third kappa shape index (κ3) is 4.41. The van der Waals surface area contributed by atoms with Crippen LogP contribution in [0.3, 0.4) is 0 Å². The molecule has 0 unspecified atom stereocenters. The van der Waals surface area contributed by atoms with Gasteiger partial charge in [-0.1, -0.05) is 41.9 Å². The Bertz CT molecular complexity index is 1120. The number of nitrogens with zero attached hydrogens (tertiary/aromatic N) is 1. The van der Waals surface area contributed by atoms with Crippen LogP contribution in [-0.2, 0) is 9.53 Å². The normalized spacial score (nSPS) is 19.7. The Morgan fingerprint density at radius 1 is 1.13 bits per heavy atom. The molecule has 156 valence electrons. The number of benzene rings is 2. The molecule has 4 rings (SSSR count). The topological polar surface area (TPSA) is 71.8 Å². The zero-order chi connectivity index (χ0) is 21.3. The van der Waals surface area contributed by atoms with Crippen LogP contribution in [0.2, 0.25) is 5.02 Å². The highest BCUT2D eigenvalue weighted by Gasteiger charge is 2.25. The van der Waals surface area contributed by atoms with Crippen molar-refractivity contribution in [2.24, 2.45) is 0 Å². The number of hydrogen-bond donors (Lipinski definition) is 1. The molecule has 3 aromatic rings. The first kappa shape index (κ1) is 20.6. The molecule has 2 aromatic carbocycles. The SMILES string of the molecule is C[C@@H]1CN(CC(=O)Nc2oc3ccc(Cl)cc3c(=O)c2-c2ccccc2)C[C@H](C)O1. The van der Waals surface area contributed by atoms with Crippen molar-refractivity contribution < 1.29 is 13.9 Å². The number of carbonyl (C=O) groups excluding carboxylic acids is 1. The lowest BCUT2D eigenvalue weighted by Crippen LogP contribution is -2.48.